The van der Waals surface area contributed by atoms with E-state index in [2.05, 4.69) is 16.1 Å². The SMILES string of the molecule is Nc1ccc(C2=[C-]C3=NC2=CC2=NC(=CC4=NC(=CC5=NC(=C3)C=C5)C=C4)C=C2)cc1.[Mn]. The molecule has 0 amide bonds. The van der Waals surface area contributed by atoms with E-state index in [0.29, 0.717) is 0 Å². The molecule has 0 atom stereocenters. The van der Waals surface area contributed by atoms with Gasteiger partial charge in [-0.2, -0.15) is 0 Å². The molecule has 6 rings (SSSR count). The van der Waals surface area contributed by atoms with Crippen molar-refractivity contribution in [3.63, 3.8) is 0 Å². The maximum absolute atomic E-state index is 5.87. The summed E-state index contributed by atoms with van der Waals surface area (Å²) in [7, 11) is 0. The van der Waals surface area contributed by atoms with Gasteiger partial charge in [-0.05, 0) is 72.1 Å². The predicted octanol–water partition coefficient (Wildman–Crippen LogP) is 4.49. The van der Waals surface area contributed by atoms with Gasteiger partial charge >= 0.3 is 0 Å². The van der Waals surface area contributed by atoms with Crippen molar-refractivity contribution >= 4 is 34.1 Å². The zero-order valence-electron chi connectivity index (χ0n) is 16.8. The quantitative estimate of drug-likeness (QED) is 0.380. The van der Waals surface area contributed by atoms with Gasteiger partial charge in [0.15, 0.2) is 0 Å². The molecule has 1 radical (unpaired) electrons. The minimum absolute atomic E-state index is 0. The first-order chi connectivity index (χ1) is 15.2. The van der Waals surface area contributed by atoms with Gasteiger partial charge in [0.2, 0.25) is 0 Å². The van der Waals surface area contributed by atoms with Crippen molar-refractivity contribution in [2.45, 2.75) is 0 Å². The molecule has 0 saturated heterocycles. The minimum atomic E-state index is 0. The molecule has 0 spiro atoms. The first-order valence-electron chi connectivity index (χ1n) is 9.94. The molecule has 32 heavy (non-hydrogen) atoms. The molecule has 5 heterocycles. The number of fused-ring (bicyclic) bond motifs is 4. The number of nitrogens with zero attached hydrogens (tertiary/aromatic N) is 4. The van der Waals surface area contributed by atoms with E-state index in [0.717, 1.165) is 62.5 Å². The van der Waals surface area contributed by atoms with Crippen molar-refractivity contribution in [2.75, 3.05) is 5.73 Å². The molecular weight excluding hydrogens is 437 g/mol. The first-order valence-corrected chi connectivity index (χ1v) is 9.94. The van der Waals surface area contributed by atoms with Crippen LogP contribution in [0.5, 0.6) is 0 Å². The normalized spacial score (nSPS) is 19.8. The van der Waals surface area contributed by atoms with Gasteiger partial charge in [0, 0.05) is 28.5 Å². The zero-order chi connectivity index (χ0) is 20.8. The van der Waals surface area contributed by atoms with Crippen molar-refractivity contribution < 1.29 is 17.1 Å². The summed E-state index contributed by atoms with van der Waals surface area (Å²) in [6, 6.07) is 7.73. The molecule has 0 aliphatic carbocycles. The van der Waals surface area contributed by atoms with Crippen LogP contribution in [0.25, 0.3) is 5.57 Å². The van der Waals surface area contributed by atoms with E-state index in [1.807, 2.05) is 85.0 Å². The van der Waals surface area contributed by atoms with Gasteiger partial charge in [-0.15, -0.1) is 11.6 Å². The van der Waals surface area contributed by atoms with Gasteiger partial charge in [-0.3, -0.25) is 4.99 Å². The average Bonchev–Trinajstić information content (AvgIpc) is 3.54. The number of allylic oxidation sites excluding steroid dienone is 12. The molecule has 1 aromatic carbocycles. The van der Waals surface area contributed by atoms with E-state index >= 15 is 0 Å². The number of hydrogen-bond donors (Lipinski definition) is 1. The van der Waals surface area contributed by atoms with Gasteiger partial charge in [0.05, 0.1) is 28.5 Å². The van der Waals surface area contributed by atoms with Crippen molar-refractivity contribution in [1.29, 1.82) is 0 Å². The monoisotopic (exact) mass is 453 g/mol. The summed E-state index contributed by atoms with van der Waals surface area (Å²) >= 11 is 0. The van der Waals surface area contributed by atoms with Crippen LogP contribution in [0.15, 0.2) is 128 Å². The summed E-state index contributed by atoms with van der Waals surface area (Å²) in [5.74, 6) is 0. The third kappa shape index (κ3) is 3.89. The van der Waals surface area contributed by atoms with E-state index in [1.165, 1.54) is 0 Å². The molecule has 5 aliphatic rings. The van der Waals surface area contributed by atoms with E-state index in [1.54, 1.807) is 0 Å². The topological polar surface area (TPSA) is 75.5 Å². The molecule has 1 aromatic rings. The molecular formula is C26H16MnN5-. The van der Waals surface area contributed by atoms with Crippen LogP contribution in [-0.2, 0) is 17.1 Å². The van der Waals surface area contributed by atoms with Crippen LogP contribution < -0.4 is 5.73 Å². The molecule has 5 aliphatic heterocycles. The second kappa shape index (κ2) is 8.00. The van der Waals surface area contributed by atoms with E-state index in [9.17, 15) is 0 Å². The zero-order valence-corrected chi connectivity index (χ0v) is 18.0. The summed E-state index contributed by atoms with van der Waals surface area (Å²) in [5, 5.41) is 0. The largest absolute Gasteiger partial charge is 0.399 e. The van der Waals surface area contributed by atoms with Gasteiger partial charge in [-0.1, -0.05) is 29.8 Å². The van der Waals surface area contributed by atoms with Gasteiger partial charge in [0.1, 0.15) is 0 Å². The Balaban J connectivity index is 0.00000216. The molecule has 0 saturated carbocycles. The average molecular weight is 453 g/mol. The standard InChI is InChI=1S/C26H16N5.Mn/c27-17-3-1-16(2-4-17)25-14-24-13-22-8-7-20(29-22)11-18-5-6-19(28-18)12-21-9-10-23(30-21)15-26(25)31-24;/h1-13,15H,27H2;/q-1;. The number of anilines is 1. The summed E-state index contributed by atoms with van der Waals surface area (Å²) in [6.07, 6.45) is 23.1. The van der Waals surface area contributed by atoms with E-state index < -0.39 is 0 Å². The number of benzene rings is 1. The molecule has 153 valence electrons. The fourth-order valence-corrected chi connectivity index (χ4v) is 3.70. The molecule has 8 bridgehead atoms. The maximum Gasteiger partial charge on any atom is 0.0659 e. The number of rotatable bonds is 1. The molecule has 5 nitrogen and oxygen atoms in total. The molecule has 0 unspecified atom stereocenters. The molecule has 0 fully saturated rings. The van der Waals surface area contributed by atoms with E-state index in [4.69, 9.17) is 15.7 Å². The Morgan fingerprint density at radius 1 is 0.594 bits per heavy atom. The van der Waals surface area contributed by atoms with Gasteiger partial charge in [-0.25, -0.2) is 9.98 Å². The summed E-state index contributed by atoms with van der Waals surface area (Å²) in [5.41, 5.74) is 15.1. The number of hydrogen-bond acceptors (Lipinski definition) is 5. The summed E-state index contributed by atoms with van der Waals surface area (Å²) in [6.45, 7) is 0. The van der Waals surface area contributed by atoms with Crippen molar-refractivity contribution in [3.05, 3.63) is 119 Å². The minimum Gasteiger partial charge on any atom is -0.399 e. The Labute approximate surface area is 196 Å². The van der Waals surface area contributed by atoms with Crippen molar-refractivity contribution in [2.24, 2.45) is 20.0 Å². The van der Waals surface area contributed by atoms with Gasteiger partial charge in [0.25, 0.3) is 0 Å². The second-order valence-corrected chi connectivity index (χ2v) is 7.47. The fourth-order valence-electron chi connectivity index (χ4n) is 3.70. The van der Waals surface area contributed by atoms with Crippen LogP contribution in [0.3, 0.4) is 0 Å². The third-order valence-corrected chi connectivity index (χ3v) is 5.16. The van der Waals surface area contributed by atoms with E-state index in [-0.39, 0.29) is 17.1 Å². The Bertz CT molecular complexity index is 1400. The number of nitrogen functional groups attached to an aromatic ring is 1. The summed E-state index contributed by atoms with van der Waals surface area (Å²) in [4.78, 5) is 18.8. The Morgan fingerprint density at radius 3 is 1.72 bits per heavy atom. The Hall–Kier alpha value is -3.86. The van der Waals surface area contributed by atoms with Crippen LogP contribution in [0, 0.1) is 6.08 Å². The smallest absolute Gasteiger partial charge is 0.0659 e. The third-order valence-electron chi connectivity index (χ3n) is 5.16. The van der Waals surface area contributed by atoms with Crippen molar-refractivity contribution in [1.82, 2.24) is 0 Å². The van der Waals surface area contributed by atoms with Crippen LogP contribution in [-0.4, -0.2) is 22.8 Å². The van der Waals surface area contributed by atoms with Crippen LogP contribution >= 0.6 is 0 Å². The summed E-state index contributed by atoms with van der Waals surface area (Å²) < 4.78 is 0. The van der Waals surface area contributed by atoms with Crippen LogP contribution in [0.1, 0.15) is 5.56 Å². The Morgan fingerprint density at radius 2 is 1.12 bits per heavy atom. The van der Waals surface area contributed by atoms with Gasteiger partial charge < -0.3 is 10.7 Å². The first kappa shape index (κ1) is 20.1. The number of nitrogens with two attached hydrogens (primary N) is 1. The molecule has 2 N–H and O–H groups in total. The van der Waals surface area contributed by atoms with Crippen molar-refractivity contribution in [3.8, 4) is 0 Å². The van der Waals surface area contributed by atoms with Crippen LogP contribution in [0.2, 0.25) is 0 Å². The maximum atomic E-state index is 5.87. The van der Waals surface area contributed by atoms with Crippen LogP contribution in [0.4, 0.5) is 5.69 Å². The fraction of sp³-hybridized carbons (Fsp3) is 0. The second-order valence-electron chi connectivity index (χ2n) is 7.47. The molecule has 0 aromatic heterocycles. The molecule has 6 heteroatoms. The number of aliphatic imine (C=N–C) groups is 4. The predicted molar refractivity (Wildman–Crippen MR) is 127 cm³/mol. The Kier molecular flexibility index (Phi) is 5.02.